The van der Waals surface area contributed by atoms with Crippen molar-refractivity contribution in [1.82, 2.24) is 0 Å². The van der Waals surface area contributed by atoms with E-state index in [1.54, 1.807) is 6.92 Å². The quantitative estimate of drug-likeness (QED) is 0.727. The fourth-order valence-corrected chi connectivity index (χ4v) is 3.36. The number of alkyl halides is 3. The Morgan fingerprint density at radius 1 is 0.857 bits per heavy atom. The Morgan fingerprint density at radius 3 is 1.67 bits per heavy atom. The molecule has 0 aromatic rings. The van der Waals surface area contributed by atoms with Crippen molar-refractivity contribution in [3.63, 3.8) is 0 Å². The van der Waals surface area contributed by atoms with E-state index in [0.717, 1.165) is 0 Å². The lowest BCUT2D eigenvalue weighted by Crippen LogP contribution is -2.33. The average molecular weight is 304 g/mol. The topological polar surface area (TPSA) is 34.1 Å². The molecule has 0 heterocycles. The minimum atomic E-state index is -2.66. The lowest BCUT2D eigenvalue weighted by molar-refractivity contribution is -0.134. The van der Waals surface area contributed by atoms with Crippen LogP contribution in [0.4, 0.5) is 13.2 Å². The van der Waals surface area contributed by atoms with Crippen LogP contribution in [0.25, 0.3) is 0 Å². The monoisotopic (exact) mass is 304 g/mol. The smallest absolute Gasteiger partial charge is 0.248 e. The summed E-state index contributed by atoms with van der Waals surface area (Å²) in [6.07, 6.45) is 1.34. The van der Waals surface area contributed by atoms with E-state index in [4.69, 9.17) is 0 Å². The molecule has 0 atom stereocenters. The van der Waals surface area contributed by atoms with Gasteiger partial charge in [0, 0.05) is 24.7 Å². The Morgan fingerprint density at radius 2 is 1.24 bits per heavy atom. The Hall–Kier alpha value is -0.870. The number of rotatable bonds is 4. The molecule has 0 spiro atoms. The number of carbonyl (C=O) groups excluding carboxylic acids is 2. The molecule has 0 aliphatic heterocycles. The molecule has 0 aromatic heterocycles. The summed E-state index contributed by atoms with van der Waals surface area (Å²) < 4.78 is 39.8. The van der Waals surface area contributed by atoms with Crippen LogP contribution in [-0.4, -0.2) is 23.2 Å². The molecule has 2 rings (SSSR count). The highest BCUT2D eigenvalue weighted by Crippen LogP contribution is 2.38. The second-order valence-corrected chi connectivity index (χ2v) is 6.93. The predicted molar refractivity (Wildman–Crippen MR) is 73.0 cm³/mol. The summed E-state index contributed by atoms with van der Waals surface area (Å²) >= 11 is 0. The minimum absolute atomic E-state index is 0.132. The van der Waals surface area contributed by atoms with Crippen molar-refractivity contribution in [2.24, 2.45) is 11.8 Å². The maximum atomic E-state index is 13.7. The lowest BCUT2D eigenvalue weighted by atomic mass is 9.76. The van der Waals surface area contributed by atoms with E-state index < -0.39 is 17.5 Å². The number of hydrogen-bond acceptors (Lipinski definition) is 2. The third kappa shape index (κ3) is 4.55. The number of ketones is 2. The van der Waals surface area contributed by atoms with Crippen LogP contribution in [0.3, 0.4) is 0 Å². The molecule has 120 valence electrons. The maximum Gasteiger partial charge on any atom is 0.248 e. The van der Waals surface area contributed by atoms with E-state index in [1.807, 2.05) is 0 Å². The zero-order valence-corrected chi connectivity index (χ0v) is 12.5. The molecule has 0 radical (unpaired) electrons. The van der Waals surface area contributed by atoms with Crippen LogP contribution < -0.4 is 0 Å². The van der Waals surface area contributed by atoms with Crippen LogP contribution in [0.15, 0.2) is 0 Å². The molecule has 0 unspecified atom stereocenters. The van der Waals surface area contributed by atoms with E-state index in [0.29, 0.717) is 25.7 Å². The van der Waals surface area contributed by atoms with Crippen molar-refractivity contribution in [3.8, 4) is 0 Å². The average Bonchev–Trinajstić information content (AvgIpc) is 2.38. The predicted octanol–water partition coefficient (Wildman–Crippen LogP) is 4.26. The van der Waals surface area contributed by atoms with Gasteiger partial charge in [0.2, 0.25) is 5.92 Å². The van der Waals surface area contributed by atoms with E-state index >= 15 is 0 Å². The van der Waals surface area contributed by atoms with Gasteiger partial charge in [0.1, 0.15) is 17.2 Å². The second-order valence-electron chi connectivity index (χ2n) is 6.93. The summed E-state index contributed by atoms with van der Waals surface area (Å²) in [4.78, 5) is 24.1. The van der Waals surface area contributed by atoms with Crippen LogP contribution in [0.2, 0.25) is 0 Å². The van der Waals surface area contributed by atoms with Crippen LogP contribution in [-0.2, 0) is 9.59 Å². The van der Waals surface area contributed by atoms with Crippen molar-refractivity contribution >= 4 is 11.6 Å². The molecule has 2 nitrogen and oxygen atoms in total. The van der Waals surface area contributed by atoms with Crippen molar-refractivity contribution in [2.75, 3.05) is 0 Å². The molecule has 0 saturated heterocycles. The van der Waals surface area contributed by atoms with Gasteiger partial charge in [-0.25, -0.2) is 13.2 Å². The third-order valence-corrected chi connectivity index (χ3v) is 5.00. The molecule has 0 bridgehead atoms. The Bertz CT molecular complexity index is 360. The molecule has 2 fully saturated rings. The van der Waals surface area contributed by atoms with E-state index in [9.17, 15) is 22.8 Å². The molecule has 0 aromatic carbocycles. The summed E-state index contributed by atoms with van der Waals surface area (Å²) in [6.45, 7) is 1.54. The van der Waals surface area contributed by atoms with Gasteiger partial charge in [-0.3, -0.25) is 9.59 Å². The third-order valence-electron chi connectivity index (χ3n) is 5.00. The minimum Gasteiger partial charge on any atom is -0.299 e. The molecule has 2 aliphatic rings. The van der Waals surface area contributed by atoms with Crippen molar-refractivity contribution < 1.29 is 22.8 Å². The first-order valence-electron chi connectivity index (χ1n) is 7.81. The van der Waals surface area contributed by atoms with E-state index in [2.05, 4.69) is 0 Å². The Labute approximate surface area is 123 Å². The van der Waals surface area contributed by atoms with Gasteiger partial charge in [-0.2, -0.15) is 0 Å². The van der Waals surface area contributed by atoms with Crippen molar-refractivity contribution in [2.45, 2.75) is 76.3 Å². The summed E-state index contributed by atoms with van der Waals surface area (Å²) in [7, 11) is 0. The second kappa shape index (κ2) is 6.09. The lowest BCUT2D eigenvalue weighted by Gasteiger charge is -2.31. The molecule has 2 saturated carbocycles. The van der Waals surface area contributed by atoms with Crippen molar-refractivity contribution in [1.29, 1.82) is 0 Å². The summed E-state index contributed by atoms with van der Waals surface area (Å²) in [5.74, 6) is -3.63. The zero-order valence-electron chi connectivity index (χ0n) is 12.5. The molecular formula is C16H23F3O2. The van der Waals surface area contributed by atoms with Gasteiger partial charge in [-0.05, 0) is 45.4 Å². The number of hydrogen-bond donors (Lipinski definition) is 0. The summed E-state index contributed by atoms with van der Waals surface area (Å²) in [5.41, 5.74) is -1.20. The highest BCUT2D eigenvalue weighted by molar-refractivity contribution is 6.01. The normalized spacial score (nSPS) is 33.6. The van der Waals surface area contributed by atoms with Gasteiger partial charge in [0.25, 0.3) is 0 Å². The largest absolute Gasteiger partial charge is 0.299 e. The van der Waals surface area contributed by atoms with Crippen LogP contribution in [0, 0.1) is 11.8 Å². The van der Waals surface area contributed by atoms with Gasteiger partial charge in [-0.1, -0.05) is 0 Å². The first-order valence-corrected chi connectivity index (χ1v) is 7.81. The molecule has 0 N–H and O–H groups in total. The van der Waals surface area contributed by atoms with Gasteiger partial charge in [0.15, 0.2) is 0 Å². The molecule has 0 amide bonds. The van der Waals surface area contributed by atoms with Gasteiger partial charge in [-0.15, -0.1) is 0 Å². The Kier molecular flexibility index (Phi) is 4.79. The highest BCUT2D eigenvalue weighted by atomic mass is 19.3. The number of carbonyl (C=O) groups is 2. The van der Waals surface area contributed by atoms with Gasteiger partial charge in [0.05, 0.1) is 6.42 Å². The number of Topliss-reactive ketones (excluding diaryl/α,β-unsaturated/α-hetero) is 2. The van der Waals surface area contributed by atoms with Crippen LogP contribution in [0.5, 0.6) is 0 Å². The Balaban J connectivity index is 1.79. The standard InChI is InChI=1S/C16H23F3O2/c1-15(17)6-2-11(3-7-15)13(20)10-14(21)12-4-8-16(18,19)9-5-12/h11-12H,2-10H2,1H3. The van der Waals surface area contributed by atoms with Gasteiger partial charge >= 0.3 is 0 Å². The zero-order chi connectivity index (χ0) is 15.7. The maximum absolute atomic E-state index is 13.7. The first-order chi connectivity index (χ1) is 9.69. The first kappa shape index (κ1) is 16.5. The number of halogens is 3. The van der Waals surface area contributed by atoms with Crippen molar-refractivity contribution in [3.05, 3.63) is 0 Å². The van der Waals surface area contributed by atoms with Gasteiger partial charge < -0.3 is 0 Å². The fraction of sp³-hybridized carbons (Fsp3) is 0.875. The van der Waals surface area contributed by atoms with E-state index in [-0.39, 0.29) is 49.6 Å². The van der Waals surface area contributed by atoms with Crippen LogP contribution >= 0.6 is 0 Å². The van der Waals surface area contributed by atoms with Crippen LogP contribution in [0.1, 0.15) is 64.7 Å². The fourth-order valence-electron chi connectivity index (χ4n) is 3.36. The summed E-state index contributed by atoms with van der Waals surface area (Å²) in [5, 5.41) is 0. The molecule has 5 heteroatoms. The molecular weight excluding hydrogens is 281 g/mol. The SMILES string of the molecule is CC1(F)CCC(C(=O)CC(=O)C2CCC(F)(F)CC2)CC1. The molecule has 21 heavy (non-hydrogen) atoms. The summed E-state index contributed by atoms with van der Waals surface area (Å²) in [6, 6.07) is 0. The molecule has 2 aliphatic carbocycles. The van der Waals surface area contributed by atoms with E-state index in [1.165, 1.54) is 0 Å². The highest BCUT2D eigenvalue weighted by Gasteiger charge is 2.39.